The molecule has 1 aromatic heterocycles. The molecular weight excluding hydrogens is 248 g/mol. The third-order valence-corrected chi connectivity index (χ3v) is 4.74. The van der Waals surface area contributed by atoms with Gasteiger partial charge in [-0.2, -0.15) is 0 Å². The van der Waals surface area contributed by atoms with Crippen molar-refractivity contribution in [3.8, 4) is 0 Å². The van der Waals surface area contributed by atoms with Crippen LogP contribution in [0.25, 0.3) is 0 Å². The highest BCUT2D eigenvalue weighted by atomic mass is 16.5. The van der Waals surface area contributed by atoms with Gasteiger partial charge < -0.3 is 10.1 Å². The van der Waals surface area contributed by atoms with E-state index >= 15 is 0 Å². The lowest BCUT2D eigenvalue weighted by Crippen LogP contribution is -2.52. The second-order valence-electron chi connectivity index (χ2n) is 7.16. The van der Waals surface area contributed by atoms with E-state index in [1.165, 1.54) is 18.4 Å². The van der Waals surface area contributed by atoms with Crippen LogP contribution in [-0.4, -0.2) is 31.8 Å². The van der Waals surface area contributed by atoms with E-state index in [0.29, 0.717) is 5.41 Å². The molecule has 1 heterocycles. The highest BCUT2D eigenvalue weighted by molar-refractivity contribution is 5.28. The fourth-order valence-electron chi connectivity index (χ4n) is 3.19. The Hall–Kier alpha value is -0.930. The van der Waals surface area contributed by atoms with Crippen LogP contribution in [-0.2, 0) is 10.2 Å². The topological polar surface area (TPSA) is 34.1 Å². The second-order valence-corrected chi connectivity index (χ2v) is 7.16. The lowest BCUT2D eigenvalue weighted by Gasteiger charge is -2.53. The average molecular weight is 276 g/mol. The van der Waals surface area contributed by atoms with Gasteiger partial charge in [-0.1, -0.05) is 20.8 Å². The maximum Gasteiger partial charge on any atom is 0.0587 e. The van der Waals surface area contributed by atoms with Crippen LogP contribution >= 0.6 is 0 Å². The zero-order valence-electron chi connectivity index (χ0n) is 13.3. The van der Waals surface area contributed by atoms with E-state index in [1.54, 1.807) is 7.11 Å². The molecule has 0 bridgehead atoms. The number of nitrogens with zero attached hydrogens (tertiary/aromatic N) is 1. The van der Waals surface area contributed by atoms with E-state index < -0.39 is 0 Å². The Morgan fingerprint density at radius 3 is 2.50 bits per heavy atom. The van der Waals surface area contributed by atoms with Gasteiger partial charge in [0.25, 0.3) is 0 Å². The Kier molecular flexibility index (Phi) is 4.82. The predicted molar refractivity (Wildman–Crippen MR) is 82.8 cm³/mol. The SMILES string of the molecule is COCCNCC1(c2ccncc2)CC(C(C)(C)C)C1. The summed E-state index contributed by atoms with van der Waals surface area (Å²) in [5, 5.41) is 3.55. The molecule has 1 N–H and O–H groups in total. The molecular formula is C17H28N2O. The van der Waals surface area contributed by atoms with Crippen LogP contribution in [0.3, 0.4) is 0 Å². The number of hydrogen-bond acceptors (Lipinski definition) is 3. The van der Waals surface area contributed by atoms with Crippen molar-refractivity contribution < 1.29 is 4.74 Å². The normalized spacial score (nSPS) is 26.3. The molecule has 20 heavy (non-hydrogen) atoms. The summed E-state index contributed by atoms with van der Waals surface area (Å²) in [6.07, 6.45) is 6.36. The van der Waals surface area contributed by atoms with Crippen molar-refractivity contribution in [1.82, 2.24) is 10.3 Å². The molecule has 0 atom stereocenters. The number of pyridine rings is 1. The molecule has 0 unspecified atom stereocenters. The molecule has 1 fully saturated rings. The van der Waals surface area contributed by atoms with Gasteiger partial charge in [-0.15, -0.1) is 0 Å². The molecule has 1 aromatic rings. The van der Waals surface area contributed by atoms with Crippen LogP contribution in [0.15, 0.2) is 24.5 Å². The van der Waals surface area contributed by atoms with E-state index in [9.17, 15) is 0 Å². The molecule has 0 spiro atoms. The van der Waals surface area contributed by atoms with Crippen LogP contribution in [0.4, 0.5) is 0 Å². The van der Waals surface area contributed by atoms with Gasteiger partial charge >= 0.3 is 0 Å². The Morgan fingerprint density at radius 2 is 1.95 bits per heavy atom. The number of ether oxygens (including phenoxy) is 1. The third kappa shape index (κ3) is 3.39. The van der Waals surface area contributed by atoms with Crippen LogP contribution in [0, 0.1) is 11.3 Å². The average Bonchev–Trinajstić information content (AvgIpc) is 2.36. The van der Waals surface area contributed by atoms with Crippen LogP contribution in [0.2, 0.25) is 0 Å². The molecule has 1 saturated carbocycles. The first-order chi connectivity index (χ1) is 9.48. The van der Waals surface area contributed by atoms with E-state index in [1.807, 2.05) is 12.4 Å². The van der Waals surface area contributed by atoms with Gasteiger partial charge in [0.1, 0.15) is 0 Å². The Morgan fingerprint density at radius 1 is 1.30 bits per heavy atom. The van der Waals surface area contributed by atoms with Crippen molar-refractivity contribution in [3.63, 3.8) is 0 Å². The maximum absolute atomic E-state index is 5.12. The monoisotopic (exact) mass is 276 g/mol. The summed E-state index contributed by atoms with van der Waals surface area (Å²) >= 11 is 0. The minimum absolute atomic E-state index is 0.286. The fraction of sp³-hybridized carbons (Fsp3) is 0.706. The van der Waals surface area contributed by atoms with E-state index in [-0.39, 0.29) is 5.41 Å². The fourth-order valence-corrected chi connectivity index (χ4v) is 3.19. The summed E-state index contributed by atoms with van der Waals surface area (Å²) < 4.78 is 5.12. The van der Waals surface area contributed by atoms with Crippen molar-refractivity contribution in [2.24, 2.45) is 11.3 Å². The van der Waals surface area contributed by atoms with Crippen molar-refractivity contribution in [2.45, 2.75) is 39.0 Å². The predicted octanol–water partition coefficient (Wildman–Crippen LogP) is 3.01. The highest BCUT2D eigenvalue weighted by Gasteiger charge is 2.48. The number of aromatic nitrogens is 1. The van der Waals surface area contributed by atoms with Gasteiger partial charge in [0, 0.05) is 38.0 Å². The number of methoxy groups -OCH3 is 1. The van der Waals surface area contributed by atoms with Crippen molar-refractivity contribution in [1.29, 1.82) is 0 Å². The summed E-state index contributed by atoms with van der Waals surface area (Å²) in [6, 6.07) is 4.35. The molecule has 0 amide bonds. The number of rotatable bonds is 6. The molecule has 3 nitrogen and oxygen atoms in total. The second kappa shape index (κ2) is 6.23. The van der Waals surface area contributed by atoms with Crippen LogP contribution in [0.1, 0.15) is 39.2 Å². The van der Waals surface area contributed by atoms with Crippen LogP contribution in [0.5, 0.6) is 0 Å². The zero-order valence-corrected chi connectivity index (χ0v) is 13.3. The van der Waals surface area contributed by atoms with Crippen molar-refractivity contribution >= 4 is 0 Å². The largest absolute Gasteiger partial charge is 0.383 e. The van der Waals surface area contributed by atoms with Gasteiger partial charge in [0.05, 0.1) is 6.61 Å². The molecule has 2 rings (SSSR count). The lowest BCUT2D eigenvalue weighted by atomic mass is 9.52. The molecule has 0 aliphatic heterocycles. The van der Waals surface area contributed by atoms with E-state index in [0.717, 1.165) is 25.6 Å². The quantitative estimate of drug-likeness (QED) is 0.811. The summed E-state index contributed by atoms with van der Waals surface area (Å²) in [5.41, 5.74) is 2.12. The summed E-state index contributed by atoms with van der Waals surface area (Å²) in [4.78, 5) is 4.15. The molecule has 112 valence electrons. The maximum atomic E-state index is 5.12. The Labute approximate surface area is 123 Å². The zero-order chi connectivity index (χ0) is 14.6. The molecule has 1 aliphatic carbocycles. The van der Waals surface area contributed by atoms with Gasteiger partial charge in [-0.3, -0.25) is 4.98 Å². The van der Waals surface area contributed by atoms with Gasteiger partial charge in [0.15, 0.2) is 0 Å². The molecule has 3 heteroatoms. The molecule has 0 aromatic carbocycles. The van der Waals surface area contributed by atoms with Crippen molar-refractivity contribution in [3.05, 3.63) is 30.1 Å². The lowest BCUT2D eigenvalue weighted by molar-refractivity contribution is 0.0437. The number of hydrogen-bond donors (Lipinski definition) is 1. The standard InChI is InChI=1S/C17H28N2O/c1-16(2,3)15-11-17(12-15,13-19-9-10-20-4)14-5-7-18-8-6-14/h5-8,15,19H,9-13H2,1-4H3. The first-order valence-electron chi connectivity index (χ1n) is 7.58. The first kappa shape index (κ1) is 15.5. The summed E-state index contributed by atoms with van der Waals surface area (Å²) in [7, 11) is 1.75. The van der Waals surface area contributed by atoms with E-state index in [2.05, 4.69) is 43.2 Å². The minimum Gasteiger partial charge on any atom is -0.383 e. The molecule has 0 radical (unpaired) electrons. The minimum atomic E-state index is 0.286. The van der Waals surface area contributed by atoms with E-state index in [4.69, 9.17) is 4.74 Å². The van der Waals surface area contributed by atoms with Gasteiger partial charge in [-0.05, 0) is 41.9 Å². The highest BCUT2D eigenvalue weighted by Crippen LogP contribution is 2.53. The summed E-state index contributed by atoms with van der Waals surface area (Å²) in [5.74, 6) is 0.805. The van der Waals surface area contributed by atoms with Crippen molar-refractivity contribution in [2.75, 3.05) is 26.8 Å². The smallest absolute Gasteiger partial charge is 0.0587 e. The van der Waals surface area contributed by atoms with Gasteiger partial charge in [-0.25, -0.2) is 0 Å². The Bertz CT molecular complexity index is 405. The molecule has 1 aliphatic rings. The van der Waals surface area contributed by atoms with Crippen LogP contribution < -0.4 is 5.32 Å². The molecule has 0 saturated heterocycles. The summed E-state index contributed by atoms with van der Waals surface area (Å²) in [6.45, 7) is 9.79. The third-order valence-electron chi connectivity index (χ3n) is 4.74. The Balaban J connectivity index is 2.03. The van der Waals surface area contributed by atoms with Gasteiger partial charge in [0.2, 0.25) is 0 Å². The first-order valence-corrected chi connectivity index (χ1v) is 7.58. The number of nitrogens with one attached hydrogen (secondary N) is 1.